The summed E-state index contributed by atoms with van der Waals surface area (Å²) in [5.74, 6) is 0.110. The molecule has 1 aromatic carbocycles. The molecule has 0 bridgehead atoms. The second-order valence-electron chi connectivity index (χ2n) is 6.80. The van der Waals surface area contributed by atoms with E-state index in [1.54, 1.807) is 24.7 Å². The number of aryl methyl sites for hydroxylation is 2. The van der Waals surface area contributed by atoms with Gasteiger partial charge in [0, 0.05) is 29.5 Å². The van der Waals surface area contributed by atoms with Crippen molar-refractivity contribution in [2.45, 2.75) is 32.2 Å². The van der Waals surface area contributed by atoms with Gasteiger partial charge in [0.05, 0.1) is 25.8 Å². The first-order chi connectivity index (χ1) is 12.7. The van der Waals surface area contributed by atoms with Gasteiger partial charge in [0.2, 0.25) is 5.91 Å². The van der Waals surface area contributed by atoms with Crippen LogP contribution in [0.25, 0.3) is 11.0 Å². The Balaban J connectivity index is 1.54. The molecule has 4 nitrogen and oxygen atoms in total. The van der Waals surface area contributed by atoms with Crippen molar-refractivity contribution in [1.29, 1.82) is 0 Å². The molecular formula is C21H23NO3S. The number of fused-ring (bicyclic) bond motifs is 2. The van der Waals surface area contributed by atoms with Crippen molar-refractivity contribution in [3.05, 3.63) is 57.5 Å². The van der Waals surface area contributed by atoms with Crippen LogP contribution in [0.4, 0.5) is 0 Å². The van der Waals surface area contributed by atoms with Crippen LogP contribution in [-0.2, 0) is 35.3 Å². The smallest absolute Gasteiger partial charge is 0.227 e. The lowest BCUT2D eigenvalue weighted by atomic mass is 10.0. The molecule has 5 heteroatoms. The molecule has 3 aromatic rings. The van der Waals surface area contributed by atoms with Crippen molar-refractivity contribution >= 4 is 28.2 Å². The molecular weight excluding hydrogens is 346 g/mol. The highest BCUT2D eigenvalue weighted by atomic mass is 32.1. The van der Waals surface area contributed by atoms with Gasteiger partial charge in [-0.2, -0.15) is 0 Å². The van der Waals surface area contributed by atoms with Crippen molar-refractivity contribution in [3.63, 3.8) is 0 Å². The number of carbonyl (C=O) groups is 1. The van der Waals surface area contributed by atoms with E-state index in [2.05, 4.69) is 18.2 Å². The predicted octanol–water partition coefficient (Wildman–Crippen LogP) is 4.20. The summed E-state index contributed by atoms with van der Waals surface area (Å²) in [6, 6.07) is 8.46. The molecule has 0 fully saturated rings. The van der Waals surface area contributed by atoms with Gasteiger partial charge in [0.15, 0.2) is 0 Å². The largest absolute Gasteiger partial charge is 0.464 e. The molecule has 0 atom stereocenters. The quantitative estimate of drug-likeness (QED) is 0.627. The zero-order valence-electron chi connectivity index (χ0n) is 15.0. The molecule has 2 aromatic heterocycles. The minimum Gasteiger partial charge on any atom is -0.464 e. The van der Waals surface area contributed by atoms with Gasteiger partial charge in [0.25, 0.3) is 0 Å². The molecule has 0 spiro atoms. The van der Waals surface area contributed by atoms with E-state index >= 15 is 0 Å². The summed E-state index contributed by atoms with van der Waals surface area (Å²) in [6.45, 7) is 1.76. The lowest BCUT2D eigenvalue weighted by molar-refractivity contribution is -0.131. The molecule has 136 valence electrons. The second kappa shape index (κ2) is 7.64. The number of hydrogen-bond acceptors (Lipinski definition) is 4. The number of methoxy groups -OCH3 is 1. The van der Waals surface area contributed by atoms with Crippen LogP contribution in [0.5, 0.6) is 0 Å². The fraction of sp³-hybridized carbons (Fsp3) is 0.381. The summed E-state index contributed by atoms with van der Waals surface area (Å²) in [7, 11) is 1.66. The maximum Gasteiger partial charge on any atom is 0.227 e. The molecule has 0 N–H and O–H groups in total. The number of benzene rings is 1. The van der Waals surface area contributed by atoms with Gasteiger partial charge < -0.3 is 14.1 Å². The molecule has 0 radical (unpaired) electrons. The van der Waals surface area contributed by atoms with Crippen LogP contribution in [0.15, 0.2) is 40.3 Å². The summed E-state index contributed by atoms with van der Waals surface area (Å²) in [4.78, 5) is 16.0. The average Bonchev–Trinajstić information content (AvgIpc) is 3.38. The van der Waals surface area contributed by atoms with Crippen molar-refractivity contribution in [2.24, 2.45) is 0 Å². The van der Waals surface area contributed by atoms with E-state index in [-0.39, 0.29) is 5.91 Å². The van der Waals surface area contributed by atoms with E-state index in [9.17, 15) is 4.79 Å². The molecule has 0 unspecified atom stereocenters. The Kier molecular flexibility index (Phi) is 5.09. The molecule has 0 saturated carbocycles. The number of rotatable bonds is 7. The number of hydrogen-bond donors (Lipinski definition) is 0. The Morgan fingerprint density at radius 1 is 1.31 bits per heavy atom. The summed E-state index contributed by atoms with van der Waals surface area (Å²) >= 11 is 1.67. The fourth-order valence-corrected chi connectivity index (χ4v) is 4.36. The zero-order valence-corrected chi connectivity index (χ0v) is 15.8. The van der Waals surface area contributed by atoms with E-state index in [1.165, 1.54) is 22.4 Å². The first-order valence-corrected chi connectivity index (χ1v) is 9.93. The molecule has 0 saturated heterocycles. The lowest BCUT2D eigenvalue weighted by Crippen LogP contribution is -2.34. The van der Waals surface area contributed by atoms with Gasteiger partial charge in [-0.05, 0) is 54.0 Å². The fourth-order valence-electron chi connectivity index (χ4n) is 3.64. The number of amides is 1. The lowest BCUT2D eigenvalue weighted by Gasteiger charge is -2.21. The Morgan fingerprint density at radius 2 is 2.15 bits per heavy atom. The molecule has 1 amide bonds. The highest BCUT2D eigenvalue weighted by Gasteiger charge is 2.20. The Bertz CT molecular complexity index is 898. The van der Waals surface area contributed by atoms with Crippen molar-refractivity contribution < 1.29 is 13.9 Å². The number of thiophene rings is 1. The van der Waals surface area contributed by atoms with E-state index in [0.29, 0.717) is 26.1 Å². The maximum atomic E-state index is 13.0. The highest BCUT2D eigenvalue weighted by molar-refractivity contribution is 7.09. The van der Waals surface area contributed by atoms with Gasteiger partial charge in [-0.15, -0.1) is 11.3 Å². The minimum atomic E-state index is 0.110. The van der Waals surface area contributed by atoms with Gasteiger partial charge >= 0.3 is 0 Å². The van der Waals surface area contributed by atoms with Crippen LogP contribution in [0, 0.1) is 0 Å². The number of ether oxygens (including phenoxy) is 1. The van der Waals surface area contributed by atoms with Gasteiger partial charge in [0.1, 0.15) is 5.58 Å². The summed E-state index contributed by atoms with van der Waals surface area (Å²) in [5, 5.41) is 3.13. The van der Waals surface area contributed by atoms with E-state index < -0.39 is 0 Å². The van der Waals surface area contributed by atoms with Crippen molar-refractivity contribution in [1.82, 2.24) is 4.90 Å². The third-order valence-electron chi connectivity index (χ3n) is 5.05. The van der Waals surface area contributed by atoms with Gasteiger partial charge in [-0.1, -0.05) is 6.07 Å². The topological polar surface area (TPSA) is 42.7 Å². The van der Waals surface area contributed by atoms with Crippen LogP contribution in [0.3, 0.4) is 0 Å². The predicted molar refractivity (Wildman–Crippen MR) is 104 cm³/mol. The maximum absolute atomic E-state index is 13.0. The van der Waals surface area contributed by atoms with E-state index in [0.717, 1.165) is 29.4 Å². The second-order valence-corrected chi connectivity index (χ2v) is 7.83. The summed E-state index contributed by atoms with van der Waals surface area (Å²) in [5.41, 5.74) is 4.68. The molecule has 4 rings (SSSR count). The Labute approximate surface area is 157 Å². The van der Waals surface area contributed by atoms with E-state index in [4.69, 9.17) is 9.15 Å². The highest BCUT2D eigenvalue weighted by Crippen LogP contribution is 2.30. The minimum absolute atomic E-state index is 0.110. The zero-order chi connectivity index (χ0) is 17.9. The number of furan rings is 1. The first-order valence-electron chi connectivity index (χ1n) is 9.05. The van der Waals surface area contributed by atoms with Crippen LogP contribution in [-0.4, -0.2) is 31.1 Å². The number of nitrogens with zero attached hydrogens (tertiary/aromatic N) is 1. The van der Waals surface area contributed by atoms with Gasteiger partial charge in [-0.3, -0.25) is 4.79 Å². The third-order valence-corrected chi connectivity index (χ3v) is 5.92. The molecule has 1 aliphatic carbocycles. The van der Waals surface area contributed by atoms with Crippen LogP contribution in [0.2, 0.25) is 0 Å². The monoisotopic (exact) mass is 369 g/mol. The summed E-state index contributed by atoms with van der Waals surface area (Å²) < 4.78 is 10.9. The molecule has 0 aliphatic heterocycles. The van der Waals surface area contributed by atoms with Crippen LogP contribution < -0.4 is 0 Å². The van der Waals surface area contributed by atoms with Crippen LogP contribution in [0.1, 0.15) is 28.0 Å². The Hall–Kier alpha value is -2.11. The van der Waals surface area contributed by atoms with Crippen LogP contribution >= 0.6 is 11.3 Å². The molecule has 2 heterocycles. The number of carbonyl (C=O) groups excluding carboxylic acids is 1. The SMILES string of the molecule is COCCN(Cc1cccs1)C(=O)Cc1coc2cc3c(cc12)CCC3. The van der Waals surface area contributed by atoms with Crippen molar-refractivity contribution in [3.8, 4) is 0 Å². The first kappa shape index (κ1) is 17.3. The summed E-state index contributed by atoms with van der Waals surface area (Å²) in [6.07, 6.45) is 5.58. The average molecular weight is 369 g/mol. The standard InChI is InChI=1S/C21H23NO3S/c1-24-8-7-22(13-18-6-3-9-26-18)21(23)12-17-14-25-20-11-16-5-2-4-15(16)10-19(17)20/h3,6,9-11,14H,2,4-5,7-8,12-13H2,1H3. The normalized spacial score (nSPS) is 13.3. The van der Waals surface area contributed by atoms with Crippen molar-refractivity contribution in [2.75, 3.05) is 20.3 Å². The Morgan fingerprint density at radius 3 is 2.92 bits per heavy atom. The molecule has 1 aliphatic rings. The third kappa shape index (κ3) is 3.55. The molecule has 26 heavy (non-hydrogen) atoms. The van der Waals surface area contributed by atoms with E-state index in [1.807, 2.05) is 16.3 Å². The van der Waals surface area contributed by atoms with Gasteiger partial charge in [-0.25, -0.2) is 0 Å².